The highest BCUT2D eigenvalue weighted by atomic mass is 32.1. The van der Waals surface area contributed by atoms with Crippen LogP contribution < -0.4 is 11.1 Å². The maximum absolute atomic E-state index is 5.78. The monoisotopic (exact) mass is 289 g/mol. The Balaban J connectivity index is 1.92. The van der Waals surface area contributed by atoms with Gasteiger partial charge in [0.15, 0.2) is 5.13 Å². The molecule has 3 nitrogen and oxygen atoms in total. The van der Waals surface area contributed by atoms with Crippen molar-refractivity contribution in [2.75, 3.05) is 5.32 Å². The molecule has 0 atom stereocenters. The molecule has 98 valence electrons. The molecule has 0 saturated carbocycles. The van der Waals surface area contributed by atoms with Crippen molar-refractivity contribution in [3.63, 3.8) is 0 Å². The summed E-state index contributed by atoms with van der Waals surface area (Å²) in [5, 5.41) is 4.29. The fourth-order valence-corrected chi connectivity index (χ4v) is 3.56. The number of benzene rings is 1. The molecule has 2 aromatic rings. The number of aromatic nitrogens is 1. The number of hydrogen-bond acceptors (Lipinski definition) is 4. The Morgan fingerprint density at radius 2 is 2.26 bits per heavy atom. The van der Waals surface area contributed by atoms with Crippen LogP contribution in [-0.2, 0) is 12.8 Å². The summed E-state index contributed by atoms with van der Waals surface area (Å²) in [5.41, 5.74) is 9.99. The highest BCUT2D eigenvalue weighted by Gasteiger charge is 2.17. The van der Waals surface area contributed by atoms with Crippen LogP contribution in [0.25, 0.3) is 0 Å². The van der Waals surface area contributed by atoms with Gasteiger partial charge in [-0.3, -0.25) is 0 Å². The molecule has 0 fully saturated rings. The molecule has 0 bridgehead atoms. The van der Waals surface area contributed by atoms with Crippen LogP contribution in [0.4, 0.5) is 10.8 Å². The fourth-order valence-electron chi connectivity index (χ4n) is 2.33. The number of nitrogens with zero attached hydrogens (tertiary/aromatic N) is 1. The van der Waals surface area contributed by atoms with Crippen LogP contribution in [-0.4, -0.2) is 9.97 Å². The molecule has 0 aliphatic heterocycles. The lowest BCUT2D eigenvalue weighted by atomic mass is 10.1. The lowest BCUT2D eigenvalue weighted by molar-refractivity contribution is 0.900. The number of rotatable bonds is 3. The van der Waals surface area contributed by atoms with E-state index < -0.39 is 0 Å². The molecule has 1 aromatic heterocycles. The van der Waals surface area contributed by atoms with E-state index >= 15 is 0 Å². The summed E-state index contributed by atoms with van der Waals surface area (Å²) < 4.78 is 0. The number of thiazole rings is 1. The molecule has 0 unspecified atom stereocenters. The van der Waals surface area contributed by atoms with Gasteiger partial charge in [-0.05, 0) is 38.3 Å². The Morgan fingerprint density at radius 3 is 3.00 bits per heavy atom. The lowest BCUT2D eigenvalue weighted by Crippen LogP contribution is -2.12. The van der Waals surface area contributed by atoms with Crippen LogP contribution in [0.5, 0.6) is 0 Å². The van der Waals surface area contributed by atoms with Crippen LogP contribution in [0, 0.1) is 6.92 Å². The van der Waals surface area contributed by atoms with Gasteiger partial charge < -0.3 is 11.1 Å². The molecule has 3 N–H and O–H groups in total. The minimum atomic E-state index is 0.412. The maximum atomic E-state index is 5.78. The van der Waals surface area contributed by atoms with Gasteiger partial charge in [0, 0.05) is 10.4 Å². The van der Waals surface area contributed by atoms with Crippen molar-refractivity contribution in [1.82, 2.24) is 4.98 Å². The average molecular weight is 289 g/mol. The molecule has 0 spiro atoms. The number of nitrogens with two attached hydrogens (primary N) is 1. The largest absolute Gasteiger partial charge is 0.389 e. The molecule has 1 heterocycles. The Kier molecular flexibility index (Phi) is 3.24. The second-order valence-corrected chi connectivity index (χ2v) is 6.30. The van der Waals surface area contributed by atoms with Crippen molar-refractivity contribution in [3.05, 3.63) is 39.9 Å². The fraction of sp³-hybridized carbons (Fsp3) is 0.286. The molecular formula is C14H15N3S2. The first-order chi connectivity index (χ1) is 9.13. The summed E-state index contributed by atoms with van der Waals surface area (Å²) in [4.78, 5) is 6.45. The van der Waals surface area contributed by atoms with Crippen molar-refractivity contribution in [3.8, 4) is 0 Å². The number of thiocarbonyl (C=S) groups is 1. The Labute approximate surface area is 121 Å². The zero-order chi connectivity index (χ0) is 13.4. The highest BCUT2D eigenvalue weighted by molar-refractivity contribution is 7.80. The third kappa shape index (κ3) is 2.48. The van der Waals surface area contributed by atoms with Gasteiger partial charge in [0.05, 0.1) is 11.4 Å². The van der Waals surface area contributed by atoms with Crippen molar-refractivity contribution in [2.45, 2.75) is 26.2 Å². The summed E-state index contributed by atoms with van der Waals surface area (Å²) in [6, 6.07) is 6.06. The third-order valence-electron chi connectivity index (χ3n) is 3.28. The summed E-state index contributed by atoms with van der Waals surface area (Å²) >= 11 is 6.85. The molecule has 1 aliphatic carbocycles. The van der Waals surface area contributed by atoms with Crippen LogP contribution in [0.2, 0.25) is 0 Å². The van der Waals surface area contributed by atoms with Crippen LogP contribution in [0.3, 0.4) is 0 Å². The number of hydrogen-bond donors (Lipinski definition) is 2. The maximum Gasteiger partial charge on any atom is 0.187 e. The normalized spacial score (nSPS) is 13.3. The first kappa shape index (κ1) is 12.6. The van der Waals surface area contributed by atoms with Crippen molar-refractivity contribution >= 4 is 39.4 Å². The van der Waals surface area contributed by atoms with Crippen molar-refractivity contribution < 1.29 is 0 Å². The quantitative estimate of drug-likeness (QED) is 0.851. The lowest BCUT2D eigenvalue weighted by Gasteiger charge is -2.10. The number of nitrogens with one attached hydrogen (secondary N) is 1. The zero-order valence-electron chi connectivity index (χ0n) is 10.7. The van der Waals surface area contributed by atoms with E-state index in [4.69, 9.17) is 18.0 Å². The number of fused-ring (bicyclic) bond motifs is 1. The molecule has 0 radical (unpaired) electrons. The second-order valence-electron chi connectivity index (χ2n) is 4.78. The molecule has 1 aliphatic rings. The van der Waals surface area contributed by atoms with E-state index in [1.54, 1.807) is 11.3 Å². The summed E-state index contributed by atoms with van der Waals surface area (Å²) in [6.45, 7) is 2.03. The van der Waals surface area contributed by atoms with Crippen LogP contribution in [0.1, 0.15) is 28.1 Å². The van der Waals surface area contributed by atoms with Gasteiger partial charge in [0.2, 0.25) is 0 Å². The highest BCUT2D eigenvalue weighted by Crippen LogP contribution is 2.32. The molecule has 3 rings (SSSR count). The Hall–Kier alpha value is -1.46. The van der Waals surface area contributed by atoms with Gasteiger partial charge in [0.25, 0.3) is 0 Å². The van der Waals surface area contributed by atoms with Gasteiger partial charge in [-0.2, -0.15) is 0 Å². The zero-order valence-corrected chi connectivity index (χ0v) is 12.3. The van der Waals surface area contributed by atoms with Crippen LogP contribution >= 0.6 is 23.6 Å². The predicted molar refractivity (Wildman–Crippen MR) is 84.5 cm³/mol. The Bertz CT molecular complexity index is 625. The molecule has 5 heteroatoms. The van der Waals surface area contributed by atoms with E-state index in [0.717, 1.165) is 34.8 Å². The summed E-state index contributed by atoms with van der Waals surface area (Å²) in [5.74, 6) is 0. The van der Waals surface area contributed by atoms with E-state index in [-0.39, 0.29) is 0 Å². The van der Waals surface area contributed by atoms with E-state index in [0.29, 0.717) is 4.99 Å². The second kappa shape index (κ2) is 4.90. The van der Waals surface area contributed by atoms with Crippen LogP contribution in [0.15, 0.2) is 18.2 Å². The van der Waals surface area contributed by atoms with E-state index in [1.807, 2.05) is 25.1 Å². The van der Waals surface area contributed by atoms with E-state index in [1.165, 1.54) is 17.0 Å². The summed E-state index contributed by atoms with van der Waals surface area (Å²) in [6.07, 6.45) is 3.49. The molecule has 0 saturated heterocycles. The first-order valence-electron chi connectivity index (χ1n) is 6.29. The van der Waals surface area contributed by atoms with Gasteiger partial charge >= 0.3 is 0 Å². The topological polar surface area (TPSA) is 50.9 Å². The first-order valence-corrected chi connectivity index (χ1v) is 7.52. The van der Waals surface area contributed by atoms with Gasteiger partial charge in [-0.1, -0.05) is 23.8 Å². The van der Waals surface area contributed by atoms with Gasteiger partial charge in [-0.15, -0.1) is 11.3 Å². The third-order valence-corrected chi connectivity index (χ3v) is 4.57. The van der Waals surface area contributed by atoms with Gasteiger partial charge in [-0.25, -0.2) is 4.98 Å². The number of aryl methyl sites for hydroxylation is 3. The predicted octanol–water partition coefficient (Wildman–Crippen LogP) is 3.32. The minimum Gasteiger partial charge on any atom is -0.389 e. The van der Waals surface area contributed by atoms with Crippen molar-refractivity contribution in [1.29, 1.82) is 0 Å². The summed E-state index contributed by atoms with van der Waals surface area (Å²) in [7, 11) is 0. The minimum absolute atomic E-state index is 0.412. The Morgan fingerprint density at radius 1 is 1.42 bits per heavy atom. The molecule has 0 amide bonds. The smallest absolute Gasteiger partial charge is 0.187 e. The van der Waals surface area contributed by atoms with E-state index in [9.17, 15) is 0 Å². The number of anilines is 2. The molecule has 1 aromatic carbocycles. The average Bonchev–Trinajstić information content (AvgIpc) is 2.91. The standard InChI is InChI=1S/C14H15N3S2/c1-8-5-6-10(9(7-8)13(15)18)16-14-17-11-3-2-4-12(11)19-14/h5-7H,2-4H2,1H3,(H2,15,18)(H,16,17). The molecule has 19 heavy (non-hydrogen) atoms. The van der Waals surface area contributed by atoms with E-state index in [2.05, 4.69) is 10.3 Å². The SMILES string of the molecule is Cc1ccc(Nc2nc3c(s2)CCC3)c(C(N)=S)c1. The molecular weight excluding hydrogens is 274 g/mol. The van der Waals surface area contributed by atoms with Gasteiger partial charge in [0.1, 0.15) is 4.99 Å². The van der Waals surface area contributed by atoms with Crippen molar-refractivity contribution in [2.24, 2.45) is 5.73 Å².